The van der Waals surface area contributed by atoms with Crippen LogP contribution in [0.5, 0.6) is 0 Å². The van der Waals surface area contributed by atoms with Crippen LogP contribution in [0.15, 0.2) is 90.6 Å². The molecule has 0 saturated carbocycles. The quantitative estimate of drug-likeness (QED) is 0.388. The highest BCUT2D eigenvalue weighted by Gasteiger charge is 2.37. The number of rotatable bonds is 3. The van der Waals surface area contributed by atoms with E-state index in [2.05, 4.69) is 5.32 Å². The molecule has 156 valence electrons. The van der Waals surface area contributed by atoms with Crippen LogP contribution in [-0.4, -0.2) is 22.4 Å². The fraction of sp³-hybridized carbons (Fsp3) is 0.0385. The van der Waals surface area contributed by atoms with Gasteiger partial charge in [-0.25, -0.2) is 9.69 Å². The molecule has 1 aliphatic rings. The number of nitrogens with one attached hydrogen (secondary N) is 1. The van der Waals surface area contributed by atoms with Gasteiger partial charge in [-0.15, -0.1) is 0 Å². The minimum absolute atomic E-state index is 0.103. The van der Waals surface area contributed by atoms with E-state index in [1.165, 1.54) is 6.08 Å². The number of nitrogens with zero attached hydrogens (tertiary/aromatic N) is 2. The average molecular weight is 421 g/mol. The summed E-state index contributed by atoms with van der Waals surface area (Å²) in [7, 11) is 0. The molecule has 5 rings (SSSR count). The van der Waals surface area contributed by atoms with Crippen molar-refractivity contribution < 1.29 is 14.4 Å². The van der Waals surface area contributed by atoms with Gasteiger partial charge in [0, 0.05) is 17.6 Å². The van der Waals surface area contributed by atoms with Crippen LogP contribution in [0.25, 0.3) is 22.5 Å². The molecule has 4 amide bonds. The molecular formula is C26H19N3O3. The molecule has 0 spiro atoms. The van der Waals surface area contributed by atoms with Crippen LogP contribution in [0.2, 0.25) is 0 Å². The van der Waals surface area contributed by atoms with Crippen molar-refractivity contribution in [2.45, 2.75) is 6.92 Å². The molecule has 6 heteroatoms. The lowest BCUT2D eigenvalue weighted by Crippen LogP contribution is -2.54. The number of barbiturate groups is 1. The van der Waals surface area contributed by atoms with Crippen molar-refractivity contribution in [3.05, 3.63) is 102 Å². The summed E-state index contributed by atoms with van der Waals surface area (Å²) in [5.41, 5.74) is 2.64. The Balaban J connectivity index is 1.57. The van der Waals surface area contributed by atoms with Crippen molar-refractivity contribution in [1.82, 2.24) is 9.88 Å². The molecular weight excluding hydrogens is 402 g/mol. The number of para-hydroxylation sites is 1. The number of carbonyl (C=O) groups is 3. The molecule has 0 atom stereocenters. The Bertz CT molecular complexity index is 1430. The Labute approximate surface area is 184 Å². The van der Waals surface area contributed by atoms with E-state index in [9.17, 15) is 14.4 Å². The summed E-state index contributed by atoms with van der Waals surface area (Å²) in [6.07, 6.45) is 3.39. The van der Waals surface area contributed by atoms with Gasteiger partial charge in [-0.2, -0.15) is 0 Å². The van der Waals surface area contributed by atoms with Crippen molar-refractivity contribution in [1.29, 1.82) is 0 Å². The highest BCUT2D eigenvalue weighted by Crippen LogP contribution is 2.26. The van der Waals surface area contributed by atoms with Crippen molar-refractivity contribution in [2.24, 2.45) is 0 Å². The number of urea groups is 1. The molecule has 0 aliphatic carbocycles. The number of aromatic nitrogens is 1. The molecule has 3 aromatic carbocycles. The molecule has 2 heterocycles. The minimum Gasteiger partial charge on any atom is -0.317 e. The lowest BCUT2D eigenvalue weighted by atomic mass is 10.1. The van der Waals surface area contributed by atoms with Gasteiger partial charge in [0.15, 0.2) is 0 Å². The number of fused-ring (bicyclic) bond motifs is 1. The SMILES string of the molecule is Cc1ccccc1N1C(=O)NC(=O)/C(=C\c2cccn2-c2ccc3ccccc3c2)C1=O. The molecule has 1 aliphatic heterocycles. The number of hydrogen-bond donors (Lipinski definition) is 1. The van der Waals surface area contributed by atoms with Crippen molar-refractivity contribution >= 4 is 40.4 Å². The van der Waals surface area contributed by atoms with Gasteiger partial charge < -0.3 is 4.57 Å². The third-order valence-corrected chi connectivity index (χ3v) is 5.54. The van der Waals surface area contributed by atoms with E-state index in [1.54, 1.807) is 25.1 Å². The monoisotopic (exact) mass is 421 g/mol. The van der Waals surface area contributed by atoms with E-state index in [0.717, 1.165) is 26.9 Å². The van der Waals surface area contributed by atoms with E-state index < -0.39 is 17.8 Å². The topological polar surface area (TPSA) is 71.4 Å². The highest BCUT2D eigenvalue weighted by molar-refractivity contribution is 6.39. The van der Waals surface area contributed by atoms with Crippen LogP contribution in [0.4, 0.5) is 10.5 Å². The lowest BCUT2D eigenvalue weighted by molar-refractivity contribution is -0.122. The zero-order valence-electron chi connectivity index (χ0n) is 17.3. The zero-order chi connectivity index (χ0) is 22.2. The second-order valence-electron chi connectivity index (χ2n) is 7.58. The van der Waals surface area contributed by atoms with Crippen molar-refractivity contribution in [3.8, 4) is 5.69 Å². The van der Waals surface area contributed by atoms with Gasteiger partial charge in [0.1, 0.15) is 5.57 Å². The maximum Gasteiger partial charge on any atom is 0.335 e. The molecule has 4 aromatic rings. The highest BCUT2D eigenvalue weighted by atomic mass is 16.2. The summed E-state index contributed by atoms with van der Waals surface area (Å²) in [5, 5.41) is 4.49. The van der Waals surface area contributed by atoms with Crippen LogP contribution in [-0.2, 0) is 9.59 Å². The van der Waals surface area contributed by atoms with Crippen LogP contribution >= 0.6 is 0 Å². The van der Waals surface area contributed by atoms with Gasteiger partial charge in [0.05, 0.1) is 5.69 Å². The van der Waals surface area contributed by atoms with Crippen LogP contribution in [0.3, 0.4) is 0 Å². The van der Waals surface area contributed by atoms with E-state index in [4.69, 9.17) is 0 Å². The molecule has 6 nitrogen and oxygen atoms in total. The smallest absolute Gasteiger partial charge is 0.317 e. The van der Waals surface area contributed by atoms with E-state index in [0.29, 0.717) is 11.4 Å². The first-order valence-corrected chi connectivity index (χ1v) is 10.2. The van der Waals surface area contributed by atoms with Gasteiger partial charge in [-0.1, -0.05) is 48.5 Å². The van der Waals surface area contributed by atoms with Gasteiger partial charge in [-0.05, 0) is 59.7 Å². The van der Waals surface area contributed by atoms with Crippen molar-refractivity contribution in [3.63, 3.8) is 0 Å². The number of imide groups is 2. The fourth-order valence-electron chi connectivity index (χ4n) is 3.91. The second-order valence-corrected chi connectivity index (χ2v) is 7.58. The summed E-state index contributed by atoms with van der Waals surface area (Å²) in [6, 6.07) is 24.1. The van der Waals surface area contributed by atoms with Gasteiger partial charge in [-0.3, -0.25) is 14.9 Å². The molecule has 1 saturated heterocycles. The molecule has 1 aromatic heterocycles. The first kappa shape index (κ1) is 19.5. The summed E-state index contributed by atoms with van der Waals surface area (Å²) in [4.78, 5) is 39.3. The largest absolute Gasteiger partial charge is 0.335 e. The Kier molecular flexibility index (Phi) is 4.67. The van der Waals surface area contributed by atoms with Crippen LogP contribution < -0.4 is 10.2 Å². The molecule has 0 unspecified atom stereocenters. The number of amides is 4. The minimum atomic E-state index is -0.753. The predicted octanol–water partition coefficient (Wildman–Crippen LogP) is 4.61. The molecule has 1 fully saturated rings. The average Bonchev–Trinajstić information content (AvgIpc) is 3.26. The first-order chi connectivity index (χ1) is 15.5. The first-order valence-electron chi connectivity index (χ1n) is 10.2. The Morgan fingerprint density at radius 2 is 1.56 bits per heavy atom. The van der Waals surface area contributed by atoms with Gasteiger partial charge in [0.25, 0.3) is 11.8 Å². The van der Waals surface area contributed by atoms with Crippen LogP contribution in [0.1, 0.15) is 11.3 Å². The second kappa shape index (κ2) is 7.67. The normalized spacial score (nSPS) is 15.5. The lowest BCUT2D eigenvalue weighted by Gasteiger charge is -2.27. The number of benzene rings is 3. The van der Waals surface area contributed by atoms with E-state index >= 15 is 0 Å². The number of anilines is 1. The van der Waals surface area contributed by atoms with Gasteiger partial charge >= 0.3 is 6.03 Å². The summed E-state index contributed by atoms with van der Waals surface area (Å²) >= 11 is 0. The number of carbonyl (C=O) groups excluding carboxylic acids is 3. The van der Waals surface area contributed by atoms with Gasteiger partial charge in [0.2, 0.25) is 0 Å². The summed E-state index contributed by atoms with van der Waals surface area (Å²) in [6.45, 7) is 1.81. The number of hydrogen-bond acceptors (Lipinski definition) is 3. The molecule has 32 heavy (non-hydrogen) atoms. The molecule has 0 bridgehead atoms. The van der Waals surface area contributed by atoms with Crippen molar-refractivity contribution in [2.75, 3.05) is 4.90 Å². The maximum absolute atomic E-state index is 13.2. The third-order valence-electron chi connectivity index (χ3n) is 5.54. The third kappa shape index (κ3) is 3.28. The number of aryl methyl sites for hydroxylation is 1. The van der Waals surface area contributed by atoms with E-state index in [1.807, 2.05) is 71.4 Å². The molecule has 1 N–H and O–H groups in total. The standard InChI is InChI=1S/C26H19N3O3/c1-17-7-2-5-11-23(17)29-25(31)22(24(30)27-26(29)32)16-20-10-6-14-28(20)21-13-12-18-8-3-4-9-19(18)15-21/h2-16H,1H3,(H,27,30,32)/b22-16+. The maximum atomic E-state index is 13.2. The van der Waals surface area contributed by atoms with Crippen LogP contribution in [0, 0.1) is 6.92 Å². The Morgan fingerprint density at radius 1 is 0.812 bits per heavy atom. The summed E-state index contributed by atoms with van der Waals surface area (Å²) in [5.74, 6) is -1.37. The Morgan fingerprint density at radius 3 is 2.38 bits per heavy atom. The summed E-state index contributed by atoms with van der Waals surface area (Å²) < 4.78 is 1.90. The fourth-order valence-corrected chi connectivity index (χ4v) is 3.91. The predicted molar refractivity (Wildman–Crippen MR) is 123 cm³/mol. The Hall–Kier alpha value is -4.45. The zero-order valence-corrected chi connectivity index (χ0v) is 17.3. The molecule has 0 radical (unpaired) electrons. The van der Waals surface area contributed by atoms with E-state index in [-0.39, 0.29) is 5.57 Å².